The summed E-state index contributed by atoms with van der Waals surface area (Å²) in [5, 5.41) is 6.86. The second-order valence-electron chi connectivity index (χ2n) is 3.99. The molecule has 1 atom stereocenters. The summed E-state index contributed by atoms with van der Waals surface area (Å²) in [6.07, 6.45) is 4.01. The van der Waals surface area contributed by atoms with Crippen molar-refractivity contribution in [3.05, 3.63) is 34.5 Å². The maximum absolute atomic E-state index is 11.9. The number of nitrogens with zero attached hydrogens (tertiary/aromatic N) is 3. The zero-order chi connectivity index (χ0) is 13.0. The van der Waals surface area contributed by atoms with Gasteiger partial charge in [0, 0.05) is 9.75 Å². The average molecular weight is 264 g/mol. The van der Waals surface area contributed by atoms with Crippen LogP contribution < -0.4 is 5.32 Å². The predicted octanol–water partition coefficient (Wildman–Crippen LogP) is 1.78. The molecule has 1 amide bonds. The molecule has 2 heterocycles. The number of carbonyl (C=O) groups is 1. The molecule has 0 aliphatic heterocycles. The molecule has 96 valence electrons. The molecule has 0 aliphatic rings. The van der Waals surface area contributed by atoms with Gasteiger partial charge in [0.05, 0.1) is 6.54 Å². The third-order valence-corrected chi connectivity index (χ3v) is 3.95. The van der Waals surface area contributed by atoms with Crippen molar-refractivity contribution in [2.45, 2.75) is 32.9 Å². The van der Waals surface area contributed by atoms with E-state index < -0.39 is 0 Å². The second kappa shape index (κ2) is 5.77. The quantitative estimate of drug-likeness (QED) is 0.895. The van der Waals surface area contributed by atoms with E-state index in [4.69, 9.17) is 0 Å². The Morgan fingerprint density at radius 2 is 2.28 bits per heavy atom. The Balaban J connectivity index is 1.88. The lowest BCUT2D eigenvalue weighted by Gasteiger charge is -2.11. The number of hydrogen-bond donors (Lipinski definition) is 1. The summed E-state index contributed by atoms with van der Waals surface area (Å²) >= 11 is 1.73. The summed E-state index contributed by atoms with van der Waals surface area (Å²) in [6.45, 7) is 4.50. The van der Waals surface area contributed by atoms with Gasteiger partial charge in [0.2, 0.25) is 5.91 Å². The zero-order valence-corrected chi connectivity index (χ0v) is 11.3. The molecule has 5 nitrogen and oxygen atoms in total. The van der Waals surface area contributed by atoms with Crippen LogP contribution in [0.1, 0.15) is 29.6 Å². The van der Waals surface area contributed by atoms with Crippen molar-refractivity contribution >= 4 is 17.2 Å². The Bertz CT molecular complexity index is 506. The van der Waals surface area contributed by atoms with Crippen LogP contribution in [0.5, 0.6) is 0 Å². The first-order chi connectivity index (χ1) is 8.70. The van der Waals surface area contributed by atoms with Gasteiger partial charge in [-0.25, -0.2) is 9.67 Å². The molecule has 1 unspecified atom stereocenters. The van der Waals surface area contributed by atoms with E-state index in [2.05, 4.69) is 34.5 Å². The van der Waals surface area contributed by atoms with Crippen molar-refractivity contribution in [3.63, 3.8) is 0 Å². The Kier molecular flexibility index (Phi) is 4.09. The van der Waals surface area contributed by atoms with Crippen LogP contribution in [0.15, 0.2) is 24.8 Å². The first-order valence-electron chi connectivity index (χ1n) is 5.90. The highest BCUT2D eigenvalue weighted by molar-refractivity contribution is 7.11. The molecule has 1 N–H and O–H groups in total. The van der Waals surface area contributed by atoms with Crippen LogP contribution in [-0.2, 0) is 17.8 Å². The molecule has 0 aromatic carbocycles. The Morgan fingerprint density at radius 3 is 2.89 bits per heavy atom. The van der Waals surface area contributed by atoms with Crippen molar-refractivity contribution in [1.29, 1.82) is 0 Å². The minimum Gasteiger partial charge on any atom is -0.349 e. The van der Waals surface area contributed by atoms with Gasteiger partial charge in [0.1, 0.15) is 18.7 Å². The molecule has 6 heteroatoms. The molecule has 2 rings (SSSR count). The molecule has 0 spiro atoms. The smallest absolute Gasteiger partial charge is 0.244 e. The monoisotopic (exact) mass is 264 g/mol. The number of nitrogens with one attached hydrogen (secondary N) is 1. The summed E-state index contributed by atoms with van der Waals surface area (Å²) in [5.74, 6) is -0.0491. The van der Waals surface area contributed by atoms with Crippen molar-refractivity contribution in [2.24, 2.45) is 0 Å². The van der Waals surface area contributed by atoms with Gasteiger partial charge in [-0.05, 0) is 25.5 Å². The fraction of sp³-hybridized carbons (Fsp3) is 0.417. The van der Waals surface area contributed by atoms with Gasteiger partial charge in [-0.1, -0.05) is 6.92 Å². The largest absolute Gasteiger partial charge is 0.349 e. The molecule has 18 heavy (non-hydrogen) atoms. The highest BCUT2D eigenvalue weighted by atomic mass is 32.1. The summed E-state index contributed by atoms with van der Waals surface area (Å²) in [6, 6.07) is 3.83. The van der Waals surface area contributed by atoms with Gasteiger partial charge in [-0.2, -0.15) is 5.10 Å². The van der Waals surface area contributed by atoms with Crippen LogP contribution in [0, 0.1) is 0 Å². The molecular weight excluding hydrogens is 248 g/mol. The van der Waals surface area contributed by atoms with Gasteiger partial charge in [0.15, 0.2) is 0 Å². The van der Waals surface area contributed by atoms with E-state index in [0.717, 1.165) is 6.42 Å². The fourth-order valence-corrected chi connectivity index (χ4v) is 2.46. The lowest BCUT2D eigenvalue weighted by atomic mass is 10.3. The van der Waals surface area contributed by atoms with E-state index in [9.17, 15) is 4.79 Å². The van der Waals surface area contributed by atoms with Gasteiger partial charge in [0.25, 0.3) is 0 Å². The maximum atomic E-state index is 11.9. The Hall–Kier alpha value is -1.69. The summed E-state index contributed by atoms with van der Waals surface area (Å²) in [5.41, 5.74) is 0. The number of hydrogen-bond acceptors (Lipinski definition) is 4. The molecule has 0 bridgehead atoms. The zero-order valence-electron chi connectivity index (χ0n) is 10.5. The molecule has 0 radical (unpaired) electrons. The summed E-state index contributed by atoms with van der Waals surface area (Å²) in [7, 11) is 0. The number of aryl methyl sites for hydroxylation is 1. The Labute approximate surface area is 110 Å². The molecule has 0 saturated carbocycles. The first-order valence-corrected chi connectivity index (χ1v) is 6.71. The minimum atomic E-state index is -0.335. The lowest BCUT2D eigenvalue weighted by molar-refractivity contribution is -0.124. The van der Waals surface area contributed by atoms with E-state index in [1.807, 2.05) is 0 Å². The SMILES string of the molecule is CCc1ccc(CNC(=O)C(C)n2cncn2)s1. The summed E-state index contributed by atoms with van der Waals surface area (Å²) < 4.78 is 1.54. The maximum Gasteiger partial charge on any atom is 0.244 e. The third kappa shape index (κ3) is 2.95. The van der Waals surface area contributed by atoms with Crippen LogP contribution in [-0.4, -0.2) is 20.7 Å². The van der Waals surface area contributed by atoms with Crippen molar-refractivity contribution in [2.75, 3.05) is 0 Å². The van der Waals surface area contributed by atoms with Crippen LogP contribution in [0.3, 0.4) is 0 Å². The molecule has 2 aromatic rings. The topological polar surface area (TPSA) is 59.8 Å². The van der Waals surface area contributed by atoms with Crippen LogP contribution in [0.4, 0.5) is 0 Å². The van der Waals surface area contributed by atoms with Gasteiger partial charge < -0.3 is 5.32 Å². The van der Waals surface area contributed by atoms with Crippen LogP contribution in [0.2, 0.25) is 0 Å². The average Bonchev–Trinajstić information content (AvgIpc) is 3.05. The van der Waals surface area contributed by atoms with E-state index in [1.54, 1.807) is 29.3 Å². The predicted molar refractivity (Wildman–Crippen MR) is 70.3 cm³/mol. The van der Waals surface area contributed by atoms with Gasteiger partial charge in [-0.15, -0.1) is 11.3 Å². The molecule has 2 aromatic heterocycles. The van der Waals surface area contributed by atoms with Crippen molar-refractivity contribution in [3.8, 4) is 0 Å². The van der Waals surface area contributed by atoms with Crippen LogP contribution in [0.25, 0.3) is 0 Å². The number of carbonyl (C=O) groups excluding carboxylic acids is 1. The lowest BCUT2D eigenvalue weighted by Crippen LogP contribution is -2.30. The number of rotatable bonds is 5. The van der Waals surface area contributed by atoms with E-state index in [1.165, 1.54) is 16.1 Å². The summed E-state index contributed by atoms with van der Waals surface area (Å²) in [4.78, 5) is 18.2. The number of amides is 1. The molecular formula is C12H16N4OS. The van der Waals surface area contributed by atoms with Gasteiger partial charge in [-0.3, -0.25) is 4.79 Å². The van der Waals surface area contributed by atoms with Crippen molar-refractivity contribution < 1.29 is 4.79 Å². The van der Waals surface area contributed by atoms with E-state index in [-0.39, 0.29) is 11.9 Å². The van der Waals surface area contributed by atoms with Crippen LogP contribution >= 0.6 is 11.3 Å². The van der Waals surface area contributed by atoms with E-state index in [0.29, 0.717) is 6.54 Å². The second-order valence-corrected chi connectivity index (χ2v) is 5.24. The number of thiophene rings is 1. The van der Waals surface area contributed by atoms with Gasteiger partial charge >= 0.3 is 0 Å². The fourth-order valence-electron chi connectivity index (χ4n) is 1.57. The highest BCUT2D eigenvalue weighted by Crippen LogP contribution is 2.16. The van der Waals surface area contributed by atoms with Crippen molar-refractivity contribution in [1.82, 2.24) is 20.1 Å². The molecule has 0 fully saturated rings. The number of aromatic nitrogens is 3. The third-order valence-electron chi connectivity index (χ3n) is 2.72. The standard InChI is InChI=1S/C12H16N4OS/c1-3-10-4-5-11(18-10)6-14-12(17)9(2)16-8-13-7-15-16/h4-5,7-9H,3,6H2,1-2H3,(H,14,17). The molecule has 0 saturated heterocycles. The van der Waals surface area contributed by atoms with E-state index >= 15 is 0 Å². The molecule has 0 aliphatic carbocycles. The highest BCUT2D eigenvalue weighted by Gasteiger charge is 2.14. The first kappa shape index (κ1) is 12.8. The minimum absolute atomic E-state index is 0.0491. The Morgan fingerprint density at radius 1 is 1.50 bits per heavy atom. The normalized spacial score (nSPS) is 12.3.